The number of benzene rings is 2. The van der Waals surface area contributed by atoms with Crippen LogP contribution in [0.25, 0.3) is 0 Å². The monoisotopic (exact) mass is 443 g/mol. The second-order valence-corrected chi connectivity index (χ2v) is 8.48. The van der Waals surface area contributed by atoms with Crippen LogP contribution in [0.5, 0.6) is 0 Å². The Morgan fingerprint density at radius 3 is 2.62 bits per heavy atom. The minimum Gasteiger partial charge on any atom is -0.352 e. The molecule has 0 radical (unpaired) electrons. The van der Waals surface area contributed by atoms with Crippen LogP contribution in [0.4, 0.5) is 13.6 Å². The average molecular weight is 444 g/mol. The molecule has 0 unspecified atom stereocenters. The molecule has 0 aliphatic carbocycles. The predicted octanol–water partition coefficient (Wildman–Crippen LogP) is 4.50. The number of rotatable bonds is 7. The molecule has 7 heteroatoms. The van der Waals surface area contributed by atoms with E-state index in [9.17, 15) is 18.4 Å². The van der Waals surface area contributed by atoms with Crippen molar-refractivity contribution in [2.24, 2.45) is 5.92 Å². The summed E-state index contributed by atoms with van der Waals surface area (Å²) in [4.78, 5) is 27.4. The molecule has 2 aromatic carbocycles. The quantitative estimate of drug-likeness (QED) is 0.619. The zero-order valence-corrected chi connectivity index (χ0v) is 18.7. The highest BCUT2D eigenvalue weighted by Gasteiger charge is 2.34. The molecule has 172 valence electrons. The van der Waals surface area contributed by atoms with Gasteiger partial charge in [-0.1, -0.05) is 37.6 Å². The number of nitrogens with one attached hydrogen (secondary N) is 2. The third-order valence-electron chi connectivity index (χ3n) is 5.92. The van der Waals surface area contributed by atoms with Crippen LogP contribution in [0.15, 0.2) is 42.5 Å². The van der Waals surface area contributed by atoms with E-state index in [1.54, 1.807) is 36.1 Å². The van der Waals surface area contributed by atoms with Crippen LogP contribution in [-0.2, 0) is 11.3 Å². The molecule has 2 atom stereocenters. The lowest BCUT2D eigenvalue weighted by molar-refractivity contribution is -0.126. The van der Waals surface area contributed by atoms with Crippen molar-refractivity contribution in [1.29, 1.82) is 0 Å². The molecule has 0 saturated carbocycles. The molecule has 1 aliphatic heterocycles. The Morgan fingerprint density at radius 1 is 1.09 bits per heavy atom. The number of amides is 3. The van der Waals surface area contributed by atoms with Gasteiger partial charge in [0.25, 0.3) is 0 Å². The van der Waals surface area contributed by atoms with Crippen molar-refractivity contribution >= 4 is 11.9 Å². The molecule has 0 spiro atoms. The SMILES string of the molecule is CCCCNC(=O)N1C[C@H](C(=O)NCc2cccc(F)c2)C[C@@H](c2ccc(F)c(C)c2)C1. The third kappa shape index (κ3) is 6.28. The first-order chi connectivity index (χ1) is 15.4. The maximum Gasteiger partial charge on any atom is 0.317 e. The summed E-state index contributed by atoms with van der Waals surface area (Å²) in [6, 6.07) is 10.9. The van der Waals surface area contributed by atoms with Crippen molar-refractivity contribution in [1.82, 2.24) is 15.5 Å². The normalized spacial score (nSPS) is 18.3. The number of carbonyl (C=O) groups is 2. The van der Waals surface area contributed by atoms with Crippen LogP contribution >= 0.6 is 0 Å². The summed E-state index contributed by atoms with van der Waals surface area (Å²) in [5, 5.41) is 5.80. The zero-order valence-electron chi connectivity index (χ0n) is 18.7. The highest BCUT2D eigenvalue weighted by molar-refractivity contribution is 5.81. The number of nitrogens with zero attached hydrogens (tertiary/aromatic N) is 1. The molecule has 1 fully saturated rings. The van der Waals surface area contributed by atoms with Crippen molar-refractivity contribution in [2.75, 3.05) is 19.6 Å². The summed E-state index contributed by atoms with van der Waals surface area (Å²) in [5.41, 5.74) is 2.13. The summed E-state index contributed by atoms with van der Waals surface area (Å²) in [6.07, 6.45) is 2.42. The van der Waals surface area contributed by atoms with Gasteiger partial charge in [0.2, 0.25) is 5.91 Å². The van der Waals surface area contributed by atoms with Gasteiger partial charge in [0.05, 0.1) is 5.92 Å². The van der Waals surface area contributed by atoms with E-state index >= 15 is 0 Å². The molecule has 0 aromatic heterocycles. The van der Waals surface area contributed by atoms with Gasteiger partial charge in [0.1, 0.15) is 11.6 Å². The van der Waals surface area contributed by atoms with E-state index < -0.39 is 5.92 Å². The molecule has 2 aromatic rings. The second-order valence-electron chi connectivity index (χ2n) is 8.48. The predicted molar refractivity (Wildman–Crippen MR) is 120 cm³/mol. The van der Waals surface area contributed by atoms with Crippen LogP contribution in [0.3, 0.4) is 0 Å². The van der Waals surface area contributed by atoms with Gasteiger partial charge in [-0.25, -0.2) is 13.6 Å². The molecule has 5 nitrogen and oxygen atoms in total. The highest BCUT2D eigenvalue weighted by atomic mass is 19.1. The van der Waals surface area contributed by atoms with E-state index in [-0.39, 0.29) is 36.0 Å². The topological polar surface area (TPSA) is 61.4 Å². The number of aryl methyl sites for hydroxylation is 1. The van der Waals surface area contributed by atoms with E-state index in [0.29, 0.717) is 37.2 Å². The molecule has 3 rings (SSSR count). The second kappa shape index (κ2) is 11.1. The average Bonchev–Trinajstić information content (AvgIpc) is 2.79. The number of carbonyl (C=O) groups excluding carboxylic acids is 2. The number of likely N-dealkylation sites (tertiary alicyclic amines) is 1. The van der Waals surface area contributed by atoms with Gasteiger partial charge in [-0.3, -0.25) is 4.79 Å². The number of halogens is 2. The summed E-state index contributed by atoms with van der Waals surface area (Å²) in [6.45, 7) is 5.35. The van der Waals surface area contributed by atoms with Gasteiger partial charge in [-0.15, -0.1) is 0 Å². The van der Waals surface area contributed by atoms with Gasteiger partial charge in [-0.2, -0.15) is 0 Å². The van der Waals surface area contributed by atoms with Gasteiger partial charge in [0, 0.05) is 32.1 Å². The summed E-state index contributed by atoms with van der Waals surface area (Å²) in [5.74, 6) is -1.29. The molecule has 1 aliphatic rings. The highest BCUT2D eigenvalue weighted by Crippen LogP contribution is 2.31. The van der Waals surface area contributed by atoms with Gasteiger partial charge >= 0.3 is 6.03 Å². The fourth-order valence-corrected chi connectivity index (χ4v) is 4.08. The van der Waals surface area contributed by atoms with E-state index in [2.05, 4.69) is 17.6 Å². The van der Waals surface area contributed by atoms with Crippen molar-refractivity contribution in [3.63, 3.8) is 0 Å². The smallest absolute Gasteiger partial charge is 0.317 e. The largest absolute Gasteiger partial charge is 0.352 e. The first kappa shape index (κ1) is 23.7. The lowest BCUT2D eigenvalue weighted by atomic mass is 9.83. The lowest BCUT2D eigenvalue weighted by Crippen LogP contribution is -2.51. The summed E-state index contributed by atoms with van der Waals surface area (Å²) in [7, 11) is 0. The first-order valence-electron chi connectivity index (χ1n) is 11.2. The Hall–Kier alpha value is -2.96. The third-order valence-corrected chi connectivity index (χ3v) is 5.92. The fraction of sp³-hybridized carbons (Fsp3) is 0.440. The first-order valence-corrected chi connectivity index (χ1v) is 11.2. The molecular weight excluding hydrogens is 412 g/mol. The molecule has 32 heavy (non-hydrogen) atoms. The van der Waals surface area contributed by atoms with E-state index in [1.165, 1.54) is 18.2 Å². The lowest BCUT2D eigenvalue weighted by Gasteiger charge is -2.37. The van der Waals surface area contributed by atoms with E-state index in [1.807, 2.05) is 0 Å². The van der Waals surface area contributed by atoms with Crippen LogP contribution in [0, 0.1) is 24.5 Å². The molecule has 0 bridgehead atoms. The minimum atomic E-state index is -0.412. The Morgan fingerprint density at radius 2 is 1.91 bits per heavy atom. The number of hydrogen-bond acceptors (Lipinski definition) is 2. The maximum atomic E-state index is 13.8. The number of piperidine rings is 1. The Balaban J connectivity index is 1.73. The Bertz CT molecular complexity index is 951. The van der Waals surface area contributed by atoms with E-state index in [0.717, 1.165) is 18.4 Å². The molecular formula is C25H31F2N3O2. The number of unbranched alkanes of at least 4 members (excludes halogenated alkanes) is 1. The molecule has 3 amide bonds. The van der Waals surface area contributed by atoms with Crippen molar-refractivity contribution in [2.45, 2.75) is 45.6 Å². The molecule has 1 heterocycles. The van der Waals surface area contributed by atoms with Gasteiger partial charge in [0.15, 0.2) is 0 Å². The number of hydrogen-bond donors (Lipinski definition) is 2. The van der Waals surface area contributed by atoms with Crippen LogP contribution in [0.2, 0.25) is 0 Å². The molecule has 1 saturated heterocycles. The number of urea groups is 1. The standard InChI is InChI=1S/C25H31F2N3O2/c1-3-4-10-28-25(32)30-15-20(19-8-9-23(27)17(2)11-19)13-21(16-30)24(31)29-14-18-6-5-7-22(26)12-18/h5-9,11-12,20-21H,3-4,10,13-16H2,1-2H3,(H,28,32)(H,29,31)/t20-,21-/m1/s1. The van der Waals surface area contributed by atoms with Crippen molar-refractivity contribution in [3.8, 4) is 0 Å². The van der Waals surface area contributed by atoms with Crippen LogP contribution < -0.4 is 10.6 Å². The summed E-state index contributed by atoms with van der Waals surface area (Å²) >= 11 is 0. The summed E-state index contributed by atoms with van der Waals surface area (Å²) < 4.78 is 27.2. The minimum absolute atomic E-state index is 0.0788. The Labute approximate surface area is 188 Å². The van der Waals surface area contributed by atoms with Crippen LogP contribution in [-0.4, -0.2) is 36.5 Å². The van der Waals surface area contributed by atoms with Gasteiger partial charge < -0.3 is 15.5 Å². The van der Waals surface area contributed by atoms with Crippen molar-refractivity contribution in [3.05, 3.63) is 70.8 Å². The fourth-order valence-electron chi connectivity index (χ4n) is 4.08. The molecule has 2 N–H and O–H groups in total. The van der Waals surface area contributed by atoms with Gasteiger partial charge in [-0.05, 0) is 54.7 Å². The Kier molecular flexibility index (Phi) is 8.20. The van der Waals surface area contributed by atoms with E-state index in [4.69, 9.17) is 0 Å². The zero-order chi connectivity index (χ0) is 23.1. The van der Waals surface area contributed by atoms with Crippen molar-refractivity contribution < 1.29 is 18.4 Å². The maximum absolute atomic E-state index is 13.8. The van der Waals surface area contributed by atoms with Crippen LogP contribution in [0.1, 0.15) is 48.8 Å².